The highest BCUT2D eigenvalue weighted by atomic mass is 127. The molecule has 2 N–H and O–H groups in total. The fourth-order valence-electron chi connectivity index (χ4n) is 1.80. The average molecular weight is 478 g/mol. The first kappa shape index (κ1) is 18.9. The molecule has 0 saturated carbocycles. The van der Waals surface area contributed by atoms with Crippen molar-refractivity contribution in [3.05, 3.63) is 69.9 Å². The topological polar surface area (TPSA) is 36.4 Å². The van der Waals surface area contributed by atoms with Crippen molar-refractivity contribution in [3.63, 3.8) is 0 Å². The molecule has 2 rings (SSSR count). The van der Waals surface area contributed by atoms with Gasteiger partial charge in [0.05, 0.1) is 0 Å². The summed E-state index contributed by atoms with van der Waals surface area (Å²) in [6.07, 6.45) is 0. The van der Waals surface area contributed by atoms with Crippen LogP contribution >= 0.6 is 39.9 Å². The molecule has 0 aliphatic rings. The van der Waals surface area contributed by atoms with Crippen molar-refractivity contribution in [2.24, 2.45) is 4.99 Å². The molecule has 0 spiro atoms. The third-order valence-corrected chi connectivity index (χ3v) is 3.50. The van der Waals surface area contributed by atoms with Crippen LogP contribution in [0.4, 0.5) is 4.39 Å². The molecule has 0 fully saturated rings. The van der Waals surface area contributed by atoms with Gasteiger partial charge in [0.25, 0.3) is 0 Å². The molecule has 0 unspecified atom stereocenters. The van der Waals surface area contributed by atoms with Gasteiger partial charge in [0.2, 0.25) is 0 Å². The predicted molar refractivity (Wildman–Crippen MR) is 103 cm³/mol. The Labute approximate surface area is 155 Å². The molecule has 0 heterocycles. The normalized spacial score (nSPS) is 10.8. The van der Waals surface area contributed by atoms with Crippen LogP contribution in [-0.4, -0.2) is 13.0 Å². The number of nitrogens with zero attached hydrogens (tertiary/aromatic N) is 1. The molecule has 0 atom stereocenters. The van der Waals surface area contributed by atoms with Gasteiger partial charge in [-0.2, -0.15) is 0 Å². The molecule has 0 aliphatic heterocycles. The number of guanidine groups is 1. The molecule has 3 nitrogen and oxygen atoms in total. The largest absolute Gasteiger partial charge is 0.352 e. The van der Waals surface area contributed by atoms with E-state index < -0.39 is 0 Å². The predicted octanol–water partition coefficient (Wildman–Crippen LogP) is 4.07. The Morgan fingerprint density at radius 2 is 1.41 bits per heavy atom. The molecule has 118 valence electrons. The van der Waals surface area contributed by atoms with Crippen molar-refractivity contribution in [2.75, 3.05) is 7.05 Å². The van der Waals surface area contributed by atoms with Crippen molar-refractivity contribution in [2.45, 2.75) is 13.1 Å². The fraction of sp³-hybridized carbons (Fsp3) is 0.188. The molecule has 0 saturated heterocycles. The molecule has 0 aromatic heterocycles. The summed E-state index contributed by atoms with van der Waals surface area (Å²) in [5.74, 6) is 0.485. The van der Waals surface area contributed by atoms with E-state index in [0.717, 1.165) is 10.0 Å². The number of benzene rings is 2. The maximum atomic E-state index is 12.8. The SMILES string of the molecule is CN=C(NCc1ccc(F)cc1)NCc1ccc(Br)cc1.I. The summed E-state index contributed by atoms with van der Waals surface area (Å²) in [6, 6.07) is 14.5. The average Bonchev–Trinajstić information content (AvgIpc) is 2.51. The maximum Gasteiger partial charge on any atom is 0.191 e. The minimum atomic E-state index is -0.225. The molecular weight excluding hydrogens is 460 g/mol. The highest BCUT2D eigenvalue weighted by Gasteiger charge is 1.99. The van der Waals surface area contributed by atoms with Gasteiger partial charge in [-0.25, -0.2) is 4.39 Å². The second-order valence-electron chi connectivity index (χ2n) is 4.53. The minimum absolute atomic E-state index is 0. The summed E-state index contributed by atoms with van der Waals surface area (Å²) in [5.41, 5.74) is 2.17. The van der Waals surface area contributed by atoms with E-state index in [1.807, 2.05) is 24.3 Å². The standard InChI is InChI=1S/C16H17BrFN3.HI/c1-19-16(20-10-12-2-6-14(17)7-3-12)21-11-13-4-8-15(18)9-5-13;/h2-9H,10-11H2,1H3,(H2,19,20,21);1H. The van der Waals surface area contributed by atoms with Gasteiger partial charge in [-0.3, -0.25) is 4.99 Å². The van der Waals surface area contributed by atoms with E-state index in [1.54, 1.807) is 19.2 Å². The van der Waals surface area contributed by atoms with E-state index in [2.05, 4.69) is 31.6 Å². The molecule has 2 aromatic rings. The molecule has 6 heteroatoms. The van der Waals surface area contributed by atoms with Gasteiger partial charge >= 0.3 is 0 Å². The Morgan fingerprint density at radius 3 is 1.86 bits per heavy atom. The second kappa shape index (κ2) is 9.78. The molecule has 2 aromatic carbocycles. The molecule has 0 radical (unpaired) electrons. The Hall–Kier alpha value is -1.15. The van der Waals surface area contributed by atoms with Crippen LogP contribution < -0.4 is 10.6 Å². The number of hydrogen-bond donors (Lipinski definition) is 2. The lowest BCUT2D eigenvalue weighted by atomic mass is 10.2. The van der Waals surface area contributed by atoms with Crippen LogP contribution in [0.5, 0.6) is 0 Å². The highest BCUT2D eigenvalue weighted by molar-refractivity contribution is 14.0. The van der Waals surface area contributed by atoms with E-state index in [-0.39, 0.29) is 29.8 Å². The second-order valence-corrected chi connectivity index (χ2v) is 5.45. The van der Waals surface area contributed by atoms with E-state index in [1.165, 1.54) is 17.7 Å². The molecule has 0 amide bonds. The Kier molecular flexibility index (Phi) is 8.40. The van der Waals surface area contributed by atoms with Gasteiger partial charge in [-0.05, 0) is 35.4 Å². The summed E-state index contributed by atoms with van der Waals surface area (Å²) in [6.45, 7) is 1.29. The van der Waals surface area contributed by atoms with E-state index in [4.69, 9.17) is 0 Å². The number of halogens is 3. The Morgan fingerprint density at radius 1 is 0.955 bits per heavy atom. The van der Waals surface area contributed by atoms with Gasteiger partial charge < -0.3 is 10.6 Å². The van der Waals surface area contributed by atoms with Crippen LogP contribution in [0.3, 0.4) is 0 Å². The molecule has 22 heavy (non-hydrogen) atoms. The van der Waals surface area contributed by atoms with Crippen LogP contribution in [0.1, 0.15) is 11.1 Å². The van der Waals surface area contributed by atoms with Crippen LogP contribution in [0.2, 0.25) is 0 Å². The van der Waals surface area contributed by atoms with E-state index >= 15 is 0 Å². The van der Waals surface area contributed by atoms with Crippen LogP contribution in [0, 0.1) is 5.82 Å². The van der Waals surface area contributed by atoms with Gasteiger partial charge in [-0.1, -0.05) is 40.2 Å². The van der Waals surface area contributed by atoms with Crippen molar-refractivity contribution in [1.29, 1.82) is 0 Å². The summed E-state index contributed by atoms with van der Waals surface area (Å²) < 4.78 is 13.9. The third-order valence-electron chi connectivity index (χ3n) is 2.97. The monoisotopic (exact) mass is 477 g/mol. The van der Waals surface area contributed by atoms with E-state index in [0.29, 0.717) is 19.0 Å². The number of nitrogens with one attached hydrogen (secondary N) is 2. The first-order valence-electron chi connectivity index (χ1n) is 6.61. The van der Waals surface area contributed by atoms with Crippen molar-refractivity contribution in [3.8, 4) is 0 Å². The minimum Gasteiger partial charge on any atom is -0.352 e. The van der Waals surface area contributed by atoms with Gasteiger partial charge in [0.1, 0.15) is 5.82 Å². The zero-order valence-electron chi connectivity index (χ0n) is 12.1. The van der Waals surface area contributed by atoms with Crippen LogP contribution in [0.25, 0.3) is 0 Å². The van der Waals surface area contributed by atoms with Crippen molar-refractivity contribution >= 4 is 45.9 Å². The maximum absolute atomic E-state index is 12.8. The number of hydrogen-bond acceptors (Lipinski definition) is 1. The number of rotatable bonds is 4. The van der Waals surface area contributed by atoms with Crippen molar-refractivity contribution < 1.29 is 4.39 Å². The quantitative estimate of drug-likeness (QED) is 0.395. The van der Waals surface area contributed by atoms with E-state index in [9.17, 15) is 4.39 Å². The first-order chi connectivity index (χ1) is 10.2. The van der Waals surface area contributed by atoms with Gasteiger partial charge in [0, 0.05) is 24.6 Å². The Balaban J connectivity index is 0.00000242. The lowest BCUT2D eigenvalue weighted by Gasteiger charge is -2.12. The first-order valence-corrected chi connectivity index (χ1v) is 7.40. The van der Waals surface area contributed by atoms with Crippen molar-refractivity contribution in [1.82, 2.24) is 10.6 Å². The number of aliphatic imine (C=N–C) groups is 1. The van der Waals surface area contributed by atoms with Gasteiger partial charge in [-0.15, -0.1) is 24.0 Å². The summed E-state index contributed by atoms with van der Waals surface area (Å²) in [5, 5.41) is 6.43. The zero-order chi connectivity index (χ0) is 15.1. The summed E-state index contributed by atoms with van der Waals surface area (Å²) >= 11 is 3.41. The third kappa shape index (κ3) is 6.31. The summed E-state index contributed by atoms with van der Waals surface area (Å²) in [7, 11) is 1.72. The lowest BCUT2D eigenvalue weighted by molar-refractivity contribution is 0.626. The Bertz CT molecular complexity index is 548. The highest BCUT2D eigenvalue weighted by Crippen LogP contribution is 2.10. The van der Waals surface area contributed by atoms with Gasteiger partial charge in [0.15, 0.2) is 5.96 Å². The molecule has 0 bridgehead atoms. The fourth-order valence-corrected chi connectivity index (χ4v) is 2.06. The summed E-state index contributed by atoms with van der Waals surface area (Å²) in [4.78, 5) is 4.16. The smallest absolute Gasteiger partial charge is 0.191 e. The van der Waals surface area contributed by atoms with Crippen LogP contribution in [-0.2, 0) is 13.1 Å². The van der Waals surface area contributed by atoms with Crippen LogP contribution in [0.15, 0.2) is 58.0 Å². The molecular formula is C16H18BrFIN3. The molecule has 0 aliphatic carbocycles. The zero-order valence-corrected chi connectivity index (χ0v) is 16.1. The lowest BCUT2D eigenvalue weighted by Crippen LogP contribution is -2.36.